The molecule has 3 aliphatic rings. The average molecular weight is 431 g/mol. The smallest absolute Gasteiger partial charge is 0.411 e. The highest BCUT2D eigenvalue weighted by Crippen LogP contribution is 2.47. The first-order valence-corrected chi connectivity index (χ1v) is 11.0. The normalized spacial score (nSPS) is 30.2. The Bertz CT molecular complexity index is 800. The molecule has 1 N–H and O–H groups in total. The maximum Gasteiger partial charge on any atom is 0.411 e. The lowest BCUT2D eigenvalue weighted by Crippen LogP contribution is -2.42. The highest BCUT2D eigenvalue weighted by atomic mass is 35.5. The number of likely N-dealkylation sites (tertiary alicyclic amines) is 1. The molecule has 2 amide bonds. The Kier molecular flexibility index (Phi) is 6.45. The van der Waals surface area contributed by atoms with Crippen LogP contribution in [0.4, 0.5) is 10.5 Å². The number of para-hydroxylation sites is 1. The van der Waals surface area contributed by atoms with Gasteiger partial charge in [0.2, 0.25) is 5.91 Å². The van der Waals surface area contributed by atoms with E-state index in [1.807, 2.05) is 30.3 Å². The van der Waals surface area contributed by atoms with Gasteiger partial charge in [0.1, 0.15) is 12.1 Å². The first-order chi connectivity index (χ1) is 14.5. The molecule has 1 aromatic carbocycles. The van der Waals surface area contributed by atoms with Crippen LogP contribution >= 0.6 is 11.8 Å². The van der Waals surface area contributed by atoms with Crippen molar-refractivity contribution in [2.45, 2.75) is 56.7 Å². The molecule has 2 aliphatic carbocycles. The Hall–Kier alpha value is -2.30. The molecule has 5 atom stereocenters. The molecule has 1 aromatic rings. The number of carbonyl (C=O) groups excluding carboxylic acids is 2. The van der Waals surface area contributed by atoms with Gasteiger partial charge in [0.05, 0.1) is 12.6 Å². The molecule has 0 aromatic heterocycles. The molecule has 7 nitrogen and oxygen atoms in total. The van der Waals surface area contributed by atoms with Crippen molar-refractivity contribution in [3.8, 4) is 6.07 Å². The largest absolute Gasteiger partial charge is 0.446 e. The zero-order valence-electron chi connectivity index (χ0n) is 16.9. The Balaban J connectivity index is 1.22. The second-order valence-electron chi connectivity index (χ2n) is 8.57. The number of anilines is 1. The number of nitrogens with zero attached hydrogens (tertiary/aromatic N) is 3. The predicted molar refractivity (Wildman–Crippen MR) is 112 cm³/mol. The fraction of sp³-hybridized carbons (Fsp3) is 0.591. The van der Waals surface area contributed by atoms with Gasteiger partial charge in [0, 0.05) is 18.3 Å². The molecule has 2 saturated carbocycles. The van der Waals surface area contributed by atoms with Crippen molar-refractivity contribution in [3.05, 3.63) is 30.3 Å². The molecule has 3 fully saturated rings. The van der Waals surface area contributed by atoms with Crippen LogP contribution < -0.4 is 5.32 Å². The number of nitrogens with one attached hydrogen (secondary N) is 1. The molecule has 0 radical (unpaired) electrons. The average Bonchev–Trinajstić information content (AvgIpc) is 3.43. The van der Waals surface area contributed by atoms with Gasteiger partial charge in [-0.25, -0.2) is 9.21 Å². The summed E-state index contributed by atoms with van der Waals surface area (Å²) in [7, 11) is 0. The molecule has 1 saturated heterocycles. The lowest BCUT2D eigenvalue weighted by molar-refractivity contribution is -0.131. The monoisotopic (exact) mass is 430 g/mol. The summed E-state index contributed by atoms with van der Waals surface area (Å²) in [4.78, 5) is 26.3. The third kappa shape index (κ3) is 4.71. The van der Waals surface area contributed by atoms with Crippen molar-refractivity contribution in [2.24, 2.45) is 11.8 Å². The van der Waals surface area contributed by atoms with Gasteiger partial charge in [-0.15, -0.1) is 0 Å². The molecule has 1 heterocycles. The minimum Gasteiger partial charge on any atom is -0.446 e. The summed E-state index contributed by atoms with van der Waals surface area (Å²) >= 11 is 6.48. The van der Waals surface area contributed by atoms with Gasteiger partial charge in [-0.1, -0.05) is 18.2 Å². The summed E-state index contributed by atoms with van der Waals surface area (Å²) in [5.74, 6) is 0.851. The summed E-state index contributed by atoms with van der Waals surface area (Å²) in [6, 6.07) is 11.3. The molecule has 160 valence electrons. The summed E-state index contributed by atoms with van der Waals surface area (Å²) in [6.07, 6.45) is 4.62. The van der Waals surface area contributed by atoms with Gasteiger partial charge in [-0.3, -0.25) is 10.1 Å². The number of hydrogen-bond acceptors (Lipinski definition) is 5. The Labute approximate surface area is 182 Å². The van der Waals surface area contributed by atoms with Crippen LogP contribution in [-0.2, 0) is 9.53 Å². The summed E-state index contributed by atoms with van der Waals surface area (Å²) < 4.78 is 7.25. The third-order valence-corrected chi connectivity index (χ3v) is 7.04. The lowest BCUT2D eigenvalue weighted by atomic mass is 10.0. The summed E-state index contributed by atoms with van der Waals surface area (Å²) in [5.41, 5.74) is 0.722. The fourth-order valence-electron chi connectivity index (χ4n) is 5.22. The van der Waals surface area contributed by atoms with E-state index in [-0.39, 0.29) is 30.6 Å². The Morgan fingerprint density at radius 2 is 1.90 bits per heavy atom. The van der Waals surface area contributed by atoms with E-state index < -0.39 is 6.09 Å². The molecule has 0 bridgehead atoms. The molecule has 30 heavy (non-hydrogen) atoms. The maximum atomic E-state index is 12.5. The third-order valence-electron chi connectivity index (χ3n) is 6.65. The number of halogens is 1. The highest BCUT2D eigenvalue weighted by Gasteiger charge is 2.45. The predicted octanol–water partition coefficient (Wildman–Crippen LogP) is 3.76. The quantitative estimate of drug-likeness (QED) is 0.719. The molecule has 2 unspecified atom stereocenters. The van der Waals surface area contributed by atoms with Crippen molar-refractivity contribution >= 4 is 29.5 Å². The number of hydrogen-bond donors (Lipinski definition) is 1. The van der Waals surface area contributed by atoms with E-state index in [0.29, 0.717) is 18.4 Å². The summed E-state index contributed by atoms with van der Waals surface area (Å²) in [5, 5.41) is 11.9. The van der Waals surface area contributed by atoms with Crippen LogP contribution in [-0.4, -0.2) is 52.6 Å². The molecule has 4 rings (SSSR count). The molecular formula is C22H27ClN4O3. The first kappa shape index (κ1) is 21.0. The van der Waals surface area contributed by atoms with E-state index in [9.17, 15) is 14.9 Å². The van der Waals surface area contributed by atoms with Crippen LogP contribution in [0.3, 0.4) is 0 Å². The van der Waals surface area contributed by atoms with Crippen LogP contribution in [0.2, 0.25) is 0 Å². The van der Waals surface area contributed by atoms with Crippen LogP contribution in [0.1, 0.15) is 38.5 Å². The van der Waals surface area contributed by atoms with Crippen molar-refractivity contribution < 1.29 is 14.3 Å². The van der Waals surface area contributed by atoms with E-state index in [2.05, 4.69) is 11.4 Å². The number of carbonyl (C=O) groups is 2. The summed E-state index contributed by atoms with van der Waals surface area (Å²) in [6.45, 7) is 0.783. The SMILES string of the molecule is N#C[C@@H]1CCCN1C(=O)CN(Cl)C1C[C@H]2CC(OC(=O)Nc3ccccc3)C[C@H]2C1. The minimum atomic E-state index is -0.412. The number of nitriles is 1. The molecular weight excluding hydrogens is 404 g/mol. The number of fused-ring (bicyclic) bond motifs is 1. The highest BCUT2D eigenvalue weighted by molar-refractivity contribution is 6.14. The van der Waals surface area contributed by atoms with Crippen molar-refractivity contribution in [2.75, 3.05) is 18.4 Å². The second-order valence-corrected chi connectivity index (χ2v) is 9.00. The number of ether oxygens (including phenoxy) is 1. The van der Waals surface area contributed by atoms with Crippen molar-refractivity contribution in [1.82, 2.24) is 9.32 Å². The minimum absolute atomic E-state index is 0.0649. The van der Waals surface area contributed by atoms with Gasteiger partial charge in [-0.2, -0.15) is 5.26 Å². The Morgan fingerprint density at radius 1 is 1.20 bits per heavy atom. The molecule has 8 heteroatoms. The topological polar surface area (TPSA) is 85.7 Å². The van der Waals surface area contributed by atoms with E-state index in [1.165, 1.54) is 0 Å². The second kappa shape index (κ2) is 9.23. The van der Waals surface area contributed by atoms with Crippen LogP contribution in [0.5, 0.6) is 0 Å². The van der Waals surface area contributed by atoms with Crippen molar-refractivity contribution in [1.29, 1.82) is 5.26 Å². The maximum absolute atomic E-state index is 12.5. The van der Waals surface area contributed by atoms with Crippen LogP contribution in [0.15, 0.2) is 30.3 Å². The van der Waals surface area contributed by atoms with Gasteiger partial charge < -0.3 is 9.64 Å². The van der Waals surface area contributed by atoms with Crippen molar-refractivity contribution in [3.63, 3.8) is 0 Å². The molecule has 1 aliphatic heterocycles. The Morgan fingerprint density at radius 3 is 2.57 bits per heavy atom. The first-order valence-electron chi connectivity index (χ1n) is 10.7. The van der Waals surface area contributed by atoms with Gasteiger partial charge >= 0.3 is 6.09 Å². The van der Waals surface area contributed by atoms with Gasteiger partial charge in [-0.05, 0) is 74.3 Å². The lowest BCUT2D eigenvalue weighted by Gasteiger charge is -2.26. The van der Waals surface area contributed by atoms with E-state index >= 15 is 0 Å². The number of benzene rings is 1. The zero-order chi connectivity index (χ0) is 21.1. The van der Waals surface area contributed by atoms with Gasteiger partial charge in [0.15, 0.2) is 0 Å². The standard InChI is InChI=1S/C22H27ClN4O3/c23-27(14-21(28)26-8-4-7-18(26)13-24)19-9-15-11-20(12-16(15)10-19)30-22(29)25-17-5-2-1-3-6-17/h1-3,5-6,15-16,18-20H,4,7-12,14H2,(H,25,29)/t15-,16+,18-,19?,20?/m0/s1. The van der Waals surface area contributed by atoms with E-state index in [1.54, 1.807) is 9.32 Å². The van der Waals surface area contributed by atoms with Crippen LogP contribution in [0, 0.1) is 23.2 Å². The van der Waals surface area contributed by atoms with E-state index in [4.69, 9.17) is 16.5 Å². The van der Waals surface area contributed by atoms with Gasteiger partial charge in [0.25, 0.3) is 0 Å². The van der Waals surface area contributed by atoms with Crippen LogP contribution in [0.25, 0.3) is 0 Å². The number of rotatable bonds is 5. The molecule has 0 spiro atoms. The zero-order valence-corrected chi connectivity index (χ0v) is 17.6. The fourth-order valence-corrected chi connectivity index (χ4v) is 5.48. The number of amides is 2. The van der Waals surface area contributed by atoms with E-state index in [0.717, 1.165) is 44.2 Å².